The number of nitrogens with zero attached hydrogens (tertiary/aromatic N) is 1. The number of oxime groups is 1. The van der Waals surface area contributed by atoms with E-state index in [9.17, 15) is 9.90 Å². The van der Waals surface area contributed by atoms with E-state index in [2.05, 4.69) is 34.7 Å². The molecule has 0 bridgehead atoms. The fourth-order valence-corrected chi connectivity index (χ4v) is 3.30. The number of rotatable bonds is 5. The Morgan fingerprint density at radius 2 is 1.73 bits per heavy atom. The molecular weight excluding hydrogens is 328 g/mol. The molecular formula is C21H22N2O3. The molecule has 0 radical (unpaired) electrons. The third kappa shape index (κ3) is 3.35. The Hall–Kier alpha value is -2.66. The maximum absolute atomic E-state index is 12.0. The van der Waals surface area contributed by atoms with E-state index in [4.69, 9.17) is 4.84 Å². The predicted molar refractivity (Wildman–Crippen MR) is 99.7 cm³/mol. The van der Waals surface area contributed by atoms with E-state index < -0.39 is 5.60 Å². The number of carbonyl (C=O) groups is 1. The number of amides is 1. The Morgan fingerprint density at radius 3 is 2.38 bits per heavy atom. The predicted octanol–water partition coefficient (Wildman–Crippen LogP) is 2.88. The maximum Gasteiger partial charge on any atom is 0.252 e. The van der Waals surface area contributed by atoms with E-state index >= 15 is 0 Å². The minimum atomic E-state index is -1.17. The van der Waals surface area contributed by atoms with Gasteiger partial charge in [-0.3, -0.25) is 4.79 Å². The zero-order valence-corrected chi connectivity index (χ0v) is 14.5. The van der Waals surface area contributed by atoms with E-state index in [-0.39, 0.29) is 12.0 Å². The van der Waals surface area contributed by atoms with Gasteiger partial charge in [-0.15, -0.1) is 0 Å². The van der Waals surface area contributed by atoms with Crippen molar-refractivity contribution in [3.05, 3.63) is 60.2 Å². The summed E-state index contributed by atoms with van der Waals surface area (Å²) in [5.41, 5.74) is 3.07. The first kappa shape index (κ1) is 16.8. The third-order valence-electron chi connectivity index (χ3n) is 5.15. The lowest BCUT2D eigenvalue weighted by Gasteiger charge is -2.34. The molecule has 1 aliphatic carbocycles. The average molecular weight is 350 g/mol. The van der Waals surface area contributed by atoms with Crippen molar-refractivity contribution in [3.8, 4) is 11.1 Å². The number of carbonyl (C=O) groups excluding carboxylic acids is 1. The number of aliphatic hydroxyl groups is 1. The van der Waals surface area contributed by atoms with Gasteiger partial charge in [-0.25, -0.2) is 0 Å². The van der Waals surface area contributed by atoms with Gasteiger partial charge in [-0.2, -0.15) is 0 Å². The number of hydrogen-bond acceptors (Lipinski definition) is 4. The Morgan fingerprint density at radius 1 is 1.08 bits per heavy atom. The van der Waals surface area contributed by atoms with Crippen LogP contribution in [0.25, 0.3) is 11.1 Å². The number of benzene rings is 2. The largest absolute Gasteiger partial charge is 0.390 e. The van der Waals surface area contributed by atoms with E-state index in [1.54, 1.807) is 0 Å². The highest BCUT2D eigenvalue weighted by molar-refractivity contribution is 6.01. The van der Waals surface area contributed by atoms with Gasteiger partial charge < -0.3 is 15.3 Å². The van der Waals surface area contributed by atoms with Crippen LogP contribution < -0.4 is 5.32 Å². The zero-order valence-electron chi connectivity index (χ0n) is 14.5. The lowest BCUT2D eigenvalue weighted by Crippen LogP contribution is -2.52. The Labute approximate surface area is 152 Å². The van der Waals surface area contributed by atoms with E-state index in [1.807, 2.05) is 30.3 Å². The monoisotopic (exact) mass is 350 g/mol. The molecule has 134 valence electrons. The molecule has 0 spiro atoms. The van der Waals surface area contributed by atoms with E-state index in [1.165, 1.54) is 5.56 Å². The molecule has 1 heterocycles. The van der Waals surface area contributed by atoms with E-state index in [0.29, 0.717) is 25.8 Å². The van der Waals surface area contributed by atoms with Gasteiger partial charge in [-0.05, 0) is 36.0 Å². The first-order valence-electron chi connectivity index (χ1n) is 9.03. The smallest absolute Gasteiger partial charge is 0.252 e. The topological polar surface area (TPSA) is 70.9 Å². The average Bonchev–Trinajstić information content (AvgIpc) is 3.14. The van der Waals surface area contributed by atoms with Crippen LogP contribution in [-0.4, -0.2) is 35.0 Å². The highest BCUT2D eigenvalue weighted by Gasteiger charge is 2.42. The summed E-state index contributed by atoms with van der Waals surface area (Å²) in [5.74, 6) is -0.298. The second-order valence-electron chi connectivity index (χ2n) is 7.01. The molecule has 2 aromatic rings. The quantitative estimate of drug-likeness (QED) is 0.871. The molecule has 1 aliphatic heterocycles. The molecule has 1 amide bonds. The molecule has 0 unspecified atom stereocenters. The summed E-state index contributed by atoms with van der Waals surface area (Å²) in [6.45, 7) is 0.357. The second kappa shape index (κ2) is 6.92. The molecule has 0 aromatic heterocycles. The first-order valence-corrected chi connectivity index (χ1v) is 9.03. The molecule has 5 heteroatoms. The number of nitrogens with one attached hydrogen (secondary N) is 1. The van der Waals surface area contributed by atoms with Crippen LogP contribution in [-0.2, 0) is 9.63 Å². The van der Waals surface area contributed by atoms with E-state index in [0.717, 1.165) is 23.3 Å². The van der Waals surface area contributed by atoms with Crippen LogP contribution in [0.3, 0.4) is 0 Å². The van der Waals surface area contributed by atoms with Gasteiger partial charge in [-0.1, -0.05) is 59.8 Å². The van der Waals surface area contributed by atoms with Crippen molar-refractivity contribution in [1.82, 2.24) is 5.32 Å². The van der Waals surface area contributed by atoms with Crippen molar-refractivity contribution in [2.75, 3.05) is 6.54 Å². The lowest BCUT2D eigenvalue weighted by molar-refractivity contribution is -0.149. The molecule has 2 aliphatic rings. The summed E-state index contributed by atoms with van der Waals surface area (Å²) in [6.07, 6.45) is 2.44. The first-order chi connectivity index (χ1) is 12.6. The molecule has 0 saturated heterocycles. The molecule has 4 rings (SSSR count). The third-order valence-corrected chi connectivity index (χ3v) is 5.15. The second-order valence-corrected chi connectivity index (χ2v) is 7.01. The van der Waals surface area contributed by atoms with Crippen LogP contribution >= 0.6 is 0 Å². The van der Waals surface area contributed by atoms with Crippen LogP contribution in [0.2, 0.25) is 0 Å². The van der Waals surface area contributed by atoms with Gasteiger partial charge in [0, 0.05) is 6.42 Å². The molecule has 26 heavy (non-hydrogen) atoms. The van der Waals surface area contributed by atoms with Crippen LogP contribution in [0.4, 0.5) is 0 Å². The molecule has 1 atom stereocenters. The standard InChI is InChI=1S/C21H22N2O3/c24-20(21(25)11-4-12-21)22-14-18-13-19(23-26-18)17-9-7-16(8-10-17)15-5-2-1-3-6-15/h1-3,5-10,18,25H,4,11-14H2,(H,22,24)/t18-/m0/s1. The van der Waals surface area contributed by atoms with Crippen molar-refractivity contribution in [1.29, 1.82) is 0 Å². The Kier molecular flexibility index (Phi) is 4.47. The summed E-state index contributed by atoms with van der Waals surface area (Å²) >= 11 is 0. The molecule has 2 N–H and O–H groups in total. The SMILES string of the molecule is O=C(NC[C@@H]1CC(c2ccc(-c3ccccc3)cc2)=NO1)C1(O)CCC1. The molecule has 1 saturated carbocycles. The summed E-state index contributed by atoms with van der Waals surface area (Å²) in [4.78, 5) is 17.4. The van der Waals surface area contributed by atoms with Crippen LogP contribution in [0.1, 0.15) is 31.2 Å². The van der Waals surface area contributed by atoms with Gasteiger partial charge in [0.05, 0.1) is 12.3 Å². The van der Waals surface area contributed by atoms with Crippen LogP contribution in [0, 0.1) is 0 Å². The van der Waals surface area contributed by atoms with Crippen LogP contribution in [0.5, 0.6) is 0 Å². The highest BCUT2D eigenvalue weighted by atomic mass is 16.6. The zero-order chi connectivity index (χ0) is 18.0. The summed E-state index contributed by atoms with van der Waals surface area (Å²) in [6, 6.07) is 18.5. The van der Waals surface area contributed by atoms with Crippen molar-refractivity contribution in [2.24, 2.45) is 5.16 Å². The molecule has 5 nitrogen and oxygen atoms in total. The van der Waals surface area contributed by atoms with Gasteiger partial charge in [0.15, 0.2) is 0 Å². The number of hydrogen-bond donors (Lipinski definition) is 2. The maximum atomic E-state index is 12.0. The lowest BCUT2D eigenvalue weighted by atomic mass is 9.79. The summed E-state index contributed by atoms with van der Waals surface area (Å²) in [7, 11) is 0. The highest BCUT2D eigenvalue weighted by Crippen LogP contribution is 2.31. The van der Waals surface area contributed by atoms with Crippen molar-refractivity contribution in [3.63, 3.8) is 0 Å². The van der Waals surface area contributed by atoms with Crippen molar-refractivity contribution in [2.45, 2.75) is 37.4 Å². The fraction of sp³-hybridized carbons (Fsp3) is 0.333. The Bertz CT molecular complexity index is 811. The minimum absolute atomic E-state index is 0.188. The Balaban J connectivity index is 1.33. The minimum Gasteiger partial charge on any atom is -0.390 e. The fourth-order valence-electron chi connectivity index (χ4n) is 3.30. The van der Waals surface area contributed by atoms with Gasteiger partial charge >= 0.3 is 0 Å². The molecule has 2 aromatic carbocycles. The van der Waals surface area contributed by atoms with Crippen molar-refractivity contribution < 1.29 is 14.7 Å². The summed E-state index contributed by atoms with van der Waals surface area (Å²) < 4.78 is 0. The summed E-state index contributed by atoms with van der Waals surface area (Å²) in [5, 5.41) is 17.0. The molecule has 1 fully saturated rings. The van der Waals surface area contributed by atoms with Crippen LogP contribution in [0.15, 0.2) is 59.8 Å². The van der Waals surface area contributed by atoms with Gasteiger partial charge in [0.25, 0.3) is 5.91 Å². The van der Waals surface area contributed by atoms with Crippen molar-refractivity contribution >= 4 is 11.6 Å². The normalized spacial score (nSPS) is 20.7. The van der Waals surface area contributed by atoms with Gasteiger partial charge in [0.1, 0.15) is 11.7 Å². The van der Waals surface area contributed by atoms with Gasteiger partial charge in [0.2, 0.25) is 0 Å².